The van der Waals surface area contributed by atoms with Crippen LogP contribution in [-0.2, 0) is 11.8 Å². The van der Waals surface area contributed by atoms with E-state index in [0.717, 1.165) is 28.9 Å². The SMILES string of the molecule is Cc1nn(C)c2nc(-c3ccccc3)cc(C(=O)N3CCC(C(=O)NCC(C)(C)CN(C)C)CC3)c12. The first-order valence-corrected chi connectivity index (χ1v) is 12.7. The molecular formula is C28H38N6O2. The summed E-state index contributed by atoms with van der Waals surface area (Å²) in [6.45, 7) is 8.89. The Morgan fingerprint density at radius 1 is 1.14 bits per heavy atom. The van der Waals surface area contributed by atoms with E-state index in [1.165, 1.54) is 0 Å². The zero-order chi connectivity index (χ0) is 26.0. The highest BCUT2D eigenvalue weighted by Crippen LogP contribution is 2.29. The van der Waals surface area contributed by atoms with Crippen LogP contribution in [0.2, 0.25) is 0 Å². The van der Waals surface area contributed by atoms with Gasteiger partial charge in [0.25, 0.3) is 5.91 Å². The van der Waals surface area contributed by atoms with Crippen LogP contribution in [0.5, 0.6) is 0 Å². The topological polar surface area (TPSA) is 83.4 Å². The Morgan fingerprint density at radius 3 is 2.44 bits per heavy atom. The molecule has 4 rings (SSSR count). The Bertz CT molecular complexity index is 1240. The van der Waals surface area contributed by atoms with E-state index < -0.39 is 0 Å². The third-order valence-electron chi connectivity index (χ3n) is 6.91. The molecule has 1 aliphatic heterocycles. The van der Waals surface area contributed by atoms with Gasteiger partial charge in [-0.15, -0.1) is 0 Å². The van der Waals surface area contributed by atoms with E-state index in [0.29, 0.717) is 43.7 Å². The normalized spacial score (nSPS) is 15.0. The number of aromatic nitrogens is 3. The molecule has 0 aliphatic carbocycles. The molecule has 1 saturated heterocycles. The van der Waals surface area contributed by atoms with E-state index in [-0.39, 0.29) is 23.1 Å². The molecule has 8 heteroatoms. The van der Waals surface area contributed by atoms with Gasteiger partial charge in [0.1, 0.15) is 0 Å². The van der Waals surface area contributed by atoms with Crippen molar-refractivity contribution in [1.29, 1.82) is 0 Å². The fraction of sp³-hybridized carbons (Fsp3) is 0.500. The summed E-state index contributed by atoms with van der Waals surface area (Å²) in [6.07, 6.45) is 1.33. The van der Waals surface area contributed by atoms with Crippen LogP contribution in [0.25, 0.3) is 22.3 Å². The average Bonchev–Trinajstić information content (AvgIpc) is 3.14. The van der Waals surface area contributed by atoms with E-state index in [9.17, 15) is 9.59 Å². The van der Waals surface area contributed by atoms with Gasteiger partial charge in [-0.1, -0.05) is 44.2 Å². The van der Waals surface area contributed by atoms with Crippen molar-refractivity contribution in [3.8, 4) is 11.3 Å². The number of carbonyl (C=O) groups excluding carboxylic acids is 2. The van der Waals surface area contributed by atoms with Gasteiger partial charge < -0.3 is 15.1 Å². The van der Waals surface area contributed by atoms with Crippen LogP contribution >= 0.6 is 0 Å². The van der Waals surface area contributed by atoms with Gasteiger partial charge in [-0.05, 0) is 45.3 Å². The molecule has 192 valence electrons. The predicted octanol–water partition coefficient (Wildman–Crippen LogP) is 3.50. The lowest BCUT2D eigenvalue weighted by atomic mass is 9.91. The molecule has 0 unspecified atom stereocenters. The number of carbonyl (C=O) groups is 2. The number of pyridine rings is 1. The average molecular weight is 491 g/mol. The Labute approximate surface area is 213 Å². The minimum atomic E-state index is -0.0679. The van der Waals surface area contributed by atoms with Crippen LogP contribution in [0, 0.1) is 18.3 Å². The smallest absolute Gasteiger partial charge is 0.254 e. The second-order valence-corrected chi connectivity index (χ2v) is 11.0. The minimum Gasteiger partial charge on any atom is -0.355 e. The van der Waals surface area contributed by atoms with Crippen LogP contribution in [0.1, 0.15) is 42.7 Å². The van der Waals surface area contributed by atoms with Gasteiger partial charge in [-0.25, -0.2) is 4.98 Å². The molecule has 36 heavy (non-hydrogen) atoms. The molecule has 0 bridgehead atoms. The van der Waals surface area contributed by atoms with Crippen molar-refractivity contribution in [2.45, 2.75) is 33.6 Å². The third-order valence-corrected chi connectivity index (χ3v) is 6.91. The number of rotatable bonds is 7. The van der Waals surface area contributed by atoms with Crippen molar-refractivity contribution in [3.63, 3.8) is 0 Å². The molecule has 0 radical (unpaired) electrons. The molecule has 1 N–H and O–H groups in total. The first-order valence-electron chi connectivity index (χ1n) is 12.7. The first-order chi connectivity index (χ1) is 17.1. The molecule has 0 spiro atoms. The summed E-state index contributed by atoms with van der Waals surface area (Å²) >= 11 is 0. The van der Waals surface area contributed by atoms with Gasteiger partial charge in [0.05, 0.1) is 22.3 Å². The lowest BCUT2D eigenvalue weighted by Gasteiger charge is -2.33. The van der Waals surface area contributed by atoms with E-state index >= 15 is 0 Å². The van der Waals surface area contributed by atoms with Crippen molar-refractivity contribution in [3.05, 3.63) is 47.7 Å². The number of likely N-dealkylation sites (tertiary alicyclic amines) is 1. The van der Waals surface area contributed by atoms with Crippen molar-refractivity contribution in [1.82, 2.24) is 29.9 Å². The van der Waals surface area contributed by atoms with Crippen LogP contribution < -0.4 is 5.32 Å². The number of amides is 2. The summed E-state index contributed by atoms with van der Waals surface area (Å²) in [5, 5.41) is 8.48. The van der Waals surface area contributed by atoms with Crippen LogP contribution in [0.3, 0.4) is 0 Å². The number of aryl methyl sites for hydroxylation is 2. The molecule has 1 aromatic carbocycles. The Kier molecular flexibility index (Phi) is 7.45. The van der Waals surface area contributed by atoms with E-state index in [4.69, 9.17) is 4.98 Å². The zero-order valence-electron chi connectivity index (χ0n) is 22.3. The fourth-order valence-electron chi connectivity index (χ4n) is 5.27. The molecule has 0 saturated carbocycles. The number of piperidine rings is 1. The number of hydrogen-bond acceptors (Lipinski definition) is 5. The summed E-state index contributed by atoms with van der Waals surface area (Å²) in [5.41, 5.74) is 3.83. The van der Waals surface area contributed by atoms with E-state index in [2.05, 4.69) is 29.2 Å². The Morgan fingerprint density at radius 2 is 1.81 bits per heavy atom. The summed E-state index contributed by atoms with van der Waals surface area (Å²) < 4.78 is 1.74. The Hall–Kier alpha value is -3.26. The summed E-state index contributed by atoms with van der Waals surface area (Å²) in [5.74, 6) is -0.00183. The monoisotopic (exact) mass is 490 g/mol. The second kappa shape index (κ2) is 10.4. The van der Waals surface area contributed by atoms with Crippen molar-refractivity contribution in [2.75, 3.05) is 40.3 Å². The molecule has 1 aliphatic rings. The number of hydrogen-bond donors (Lipinski definition) is 1. The van der Waals surface area contributed by atoms with Crippen molar-refractivity contribution < 1.29 is 9.59 Å². The highest BCUT2D eigenvalue weighted by atomic mass is 16.2. The lowest BCUT2D eigenvalue weighted by Crippen LogP contribution is -2.46. The summed E-state index contributed by atoms with van der Waals surface area (Å²) in [4.78, 5) is 35.4. The molecule has 2 aromatic heterocycles. The first kappa shape index (κ1) is 25.8. The quantitative estimate of drug-likeness (QED) is 0.548. The van der Waals surface area contributed by atoms with Crippen LogP contribution in [0.4, 0.5) is 0 Å². The molecule has 0 atom stereocenters. The van der Waals surface area contributed by atoms with Gasteiger partial charge >= 0.3 is 0 Å². The predicted molar refractivity (Wildman–Crippen MR) is 143 cm³/mol. The van der Waals surface area contributed by atoms with Crippen molar-refractivity contribution >= 4 is 22.8 Å². The lowest BCUT2D eigenvalue weighted by molar-refractivity contribution is -0.126. The third kappa shape index (κ3) is 5.59. The Balaban J connectivity index is 1.49. The highest BCUT2D eigenvalue weighted by Gasteiger charge is 2.31. The molecular weight excluding hydrogens is 452 g/mol. The van der Waals surface area contributed by atoms with Crippen LogP contribution in [-0.4, -0.2) is 76.7 Å². The van der Waals surface area contributed by atoms with Gasteiger partial charge in [-0.3, -0.25) is 14.3 Å². The van der Waals surface area contributed by atoms with Gasteiger partial charge in [-0.2, -0.15) is 5.10 Å². The molecule has 1 fully saturated rings. The van der Waals surface area contributed by atoms with Gasteiger partial charge in [0.15, 0.2) is 5.65 Å². The minimum absolute atomic E-state index is 0.000581. The number of nitrogens with zero attached hydrogens (tertiary/aromatic N) is 5. The zero-order valence-corrected chi connectivity index (χ0v) is 22.3. The molecule has 2 amide bonds. The largest absolute Gasteiger partial charge is 0.355 e. The van der Waals surface area contributed by atoms with E-state index in [1.807, 2.05) is 69.4 Å². The molecule has 3 aromatic rings. The number of nitrogens with one attached hydrogen (secondary N) is 1. The summed E-state index contributed by atoms with van der Waals surface area (Å²) in [7, 11) is 5.95. The number of fused-ring (bicyclic) bond motifs is 1. The molecule has 8 nitrogen and oxygen atoms in total. The standard InChI is InChI=1S/C28H38N6O2/c1-19-24-22(16-23(20-10-8-7-9-11-20)30-25(24)33(6)31-19)27(36)34-14-12-21(13-15-34)26(35)29-17-28(2,3)18-32(4)5/h7-11,16,21H,12-15,17-18H2,1-6H3,(H,29,35). The maximum Gasteiger partial charge on any atom is 0.254 e. The summed E-state index contributed by atoms with van der Waals surface area (Å²) in [6, 6.07) is 11.8. The van der Waals surface area contributed by atoms with Crippen LogP contribution in [0.15, 0.2) is 36.4 Å². The van der Waals surface area contributed by atoms with Gasteiger partial charge in [0.2, 0.25) is 5.91 Å². The molecule has 3 heterocycles. The number of benzene rings is 1. The maximum atomic E-state index is 13.8. The van der Waals surface area contributed by atoms with E-state index in [1.54, 1.807) is 4.68 Å². The second-order valence-electron chi connectivity index (χ2n) is 11.0. The maximum absolute atomic E-state index is 13.8. The van der Waals surface area contributed by atoms with Gasteiger partial charge in [0, 0.05) is 44.7 Å². The van der Waals surface area contributed by atoms with Crippen molar-refractivity contribution in [2.24, 2.45) is 18.4 Å². The highest BCUT2D eigenvalue weighted by molar-refractivity contribution is 6.07. The fourth-order valence-corrected chi connectivity index (χ4v) is 5.27.